The first-order valence-electron chi connectivity index (χ1n) is 12.1. The van der Waals surface area contributed by atoms with Crippen molar-refractivity contribution in [3.8, 4) is 11.1 Å². The number of carboxylic acid groups (broad SMARTS) is 1. The van der Waals surface area contributed by atoms with Gasteiger partial charge in [0.25, 0.3) is 0 Å². The molecule has 2 N–H and O–H groups in total. The second kappa shape index (κ2) is 10.9. The number of amides is 2. The van der Waals surface area contributed by atoms with Crippen LogP contribution in [0.1, 0.15) is 43.2 Å². The number of fused-ring (bicyclic) bond motifs is 3. The Morgan fingerprint density at radius 1 is 1.09 bits per heavy atom. The molecule has 3 atom stereocenters. The molecule has 3 unspecified atom stereocenters. The molecule has 0 saturated carbocycles. The van der Waals surface area contributed by atoms with Crippen LogP contribution in [-0.2, 0) is 19.1 Å². The number of benzene rings is 2. The molecule has 35 heavy (non-hydrogen) atoms. The number of nitrogens with one attached hydrogen (secondary N) is 1. The van der Waals surface area contributed by atoms with Gasteiger partial charge >= 0.3 is 12.1 Å². The molecular weight excluding hydrogens is 448 g/mol. The third-order valence-corrected chi connectivity index (χ3v) is 6.98. The first-order chi connectivity index (χ1) is 16.9. The molecule has 2 aromatic rings. The number of carboxylic acids is 1. The monoisotopic (exact) mass is 480 g/mol. The summed E-state index contributed by atoms with van der Waals surface area (Å²) in [6.07, 6.45) is 0.529. The van der Waals surface area contributed by atoms with E-state index in [-0.39, 0.29) is 24.5 Å². The van der Waals surface area contributed by atoms with Gasteiger partial charge in [0.2, 0.25) is 5.91 Å². The average molecular weight is 481 g/mol. The summed E-state index contributed by atoms with van der Waals surface area (Å²) in [6.45, 7) is 3.12. The Labute approximate surface area is 205 Å². The summed E-state index contributed by atoms with van der Waals surface area (Å²) in [6, 6.07) is 14.6. The van der Waals surface area contributed by atoms with Gasteiger partial charge in [0, 0.05) is 18.9 Å². The summed E-state index contributed by atoms with van der Waals surface area (Å²) in [7, 11) is 1.64. The second-order valence-electron chi connectivity index (χ2n) is 9.22. The van der Waals surface area contributed by atoms with Gasteiger partial charge in [0.15, 0.2) is 0 Å². The zero-order valence-electron chi connectivity index (χ0n) is 20.1. The molecule has 186 valence electrons. The van der Waals surface area contributed by atoms with Crippen LogP contribution >= 0.6 is 0 Å². The zero-order valence-corrected chi connectivity index (χ0v) is 20.1. The van der Waals surface area contributed by atoms with E-state index in [0.29, 0.717) is 13.2 Å². The summed E-state index contributed by atoms with van der Waals surface area (Å²) in [4.78, 5) is 38.9. The molecule has 1 saturated heterocycles. The maximum atomic E-state index is 13.2. The molecule has 8 heteroatoms. The molecule has 0 radical (unpaired) electrons. The van der Waals surface area contributed by atoms with E-state index in [4.69, 9.17) is 9.47 Å². The van der Waals surface area contributed by atoms with Gasteiger partial charge < -0.3 is 24.8 Å². The number of likely N-dealkylation sites (N-methyl/N-ethyl adjacent to an activating group) is 1. The topological polar surface area (TPSA) is 105 Å². The number of carbonyl (C=O) groups is 3. The minimum Gasteiger partial charge on any atom is -0.481 e. The fourth-order valence-electron chi connectivity index (χ4n) is 5.23. The Hall–Kier alpha value is -3.39. The van der Waals surface area contributed by atoms with Gasteiger partial charge in [0.1, 0.15) is 12.6 Å². The highest BCUT2D eigenvalue weighted by atomic mass is 16.5. The van der Waals surface area contributed by atoms with Crippen molar-refractivity contribution in [2.75, 3.05) is 26.9 Å². The van der Waals surface area contributed by atoms with Crippen molar-refractivity contribution in [2.24, 2.45) is 5.92 Å². The number of ether oxygens (including phenoxy) is 2. The van der Waals surface area contributed by atoms with Gasteiger partial charge in [-0.05, 0) is 28.7 Å². The van der Waals surface area contributed by atoms with Crippen molar-refractivity contribution in [3.05, 3.63) is 59.7 Å². The number of aliphatic carboxylic acids is 1. The fourth-order valence-corrected chi connectivity index (χ4v) is 5.23. The summed E-state index contributed by atoms with van der Waals surface area (Å²) < 4.78 is 11.1. The molecule has 4 rings (SSSR count). The smallest absolute Gasteiger partial charge is 0.407 e. The largest absolute Gasteiger partial charge is 0.481 e. The van der Waals surface area contributed by atoms with Crippen molar-refractivity contribution in [2.45, 2.75) is 44.2 Å². The van der Waals surface area contributed by atoms with E-state index in [1.807, 2.05) is 48.5 Å². The quantitative estimate of drug-likeness (QED) is 0.568. The first-order valence-corrected chi connectivity index (χ1v) is 12.1. The van der Waals surface area contributed by atoms with Gasteiger partial charge in [-0.3, -0.25) is 9.59 Å². The highest BCUT2D eigenvalue weighted by Crippen LogP contribution is 2.44. The van der Waals surface area contributed by atoms with E-state index < -0.39 is 30.4 Å². The van der Waals surface area contributed by atoms with E-state index in [0.717, 1.165) is 35.1 Å². The van der Waals surface area contributed by atoms with E-state index in [9.17, 15) is 19.5 Å². The lowest BCUT2D eigenvalue weighted by atomic mass is 9.96. The lowest BCUT2D eigenvalue weighted by Crippen LogP contribution is -2.52. The Bertz CT molecular complexity index is 1040. The molecule has 1 heterocycles. The lowest BCUT2D eigenvalue weighted by molar-refractivity contribution is -0.143. The van der Waals surface area contributed by atoms with Crippen LogP contribution in [0.4, 0.5) is 4.79 Å². The van der Waals surface area contributed by atoms with E-state index in [1.54, 1.807) is 7.05 Å². The van der Waals surface area contributed by atoms with Crippen LogP contribution in [0.3, 0.4) is 0 Å². The molecule has 1 aliphatic heterocycles. The maximum Gasteiger partial charge on any atom is 0.407 e. The summed E-state index contributed by atoms with van der Waals surface area (Å²) in [5, 5.41) is 11.9. The van der Waals surface area contributed by atoms with Crippen molar-refractivity contribution in [3.63, 3.8) is 0 Å². The number of carbonyl (C=O) groups excluding carboxylic acids is 2. The molecule has 2 aromatic carbocycles. The Morgan fingerprint density at radius 2 is 1.71 bits per heavy atom. The Kier molecular flexibility index (Phi) is 7.70. The average Bonchev–Trinajstić information content (AvgIpc) is 3.44. The van der Waals surface area contributed by atoms with Gasteiger partial charge in [0.05, 0.1) is 25.7 Å². The molecule has 2 amide bonds. The van der Waals surface area contributed by atoms with Gasteiger partial charge in [-0.25, -0.2) is 4.79 Å². The normalized spacial score (nSPS) is 19.5. The first kappa shape index (κ1) is 24.7. The third kappa shape index (κ3) is 5.32. The number of alkyl carbamates (subject to hydrolysis) is 1. The van der Waals surface area contributed by atoms with Crippen molar-refractivity contribution < 1.29 is 29.0 Å². The summed E-state index contributed by atoms with van der Waals surface area (Å²) >= 11 is 0. The summed E-state index contributed by atoms with van der Waals surface area (Å²) in [5.41, 5.74) is 4.36. The van der Waals surface area contributed by atoms with E-state index in [1.165, 1.54) is 4.90 Å². The molecule has 1 fully saturated rings. The molecule has 8 nitrogen and oxygen atoms in total. The number of hydrogen-bond acceptors (Lipinski definition) is 5. The van der Waals surface area contributed by atoms with E-state index >= 15 is 0 Å². The highest BCUT2D eigenvalue weighted by Gasteiger charge is 2.37. The third-order valence-electron chi connectivity index (χ3n) is 6.98. The molecule has 0 spiro atoms. The fraction of sp³-hybridized carbons (Fsp3) is 0.444. The van der Waals surface area contributed by atoms with Crippen LogP contribution in [0.15, 0.2) is 48.5 Å². The Balaban J connectivity index is 1.42. The van der Waals surface area contributed by atoms with Crippen molar-refractivity contribution in [1.29, 1.82) is 0 Å². The maximum absolute atomic E-state index is 13.2. The number of rotatable bonds is 9. The Morgan fingerprint density at radius 3 is 2.31 bits per heavy atom. The summed E-state index contributed by atoms with van der Waals surface area (Å²) in [5.74, 6) is -1.58. The van der Waals surface area contributed by atoms with Crippen LogP contribution in [0.25, 0.3) is 11.1 Å². The van der Waals surface area contributed by atoms with Crippen molar-refractivity contribution >= 4 is 18.0 Å². The van der Waals surface area contributed by atoms with Crippen LogP contribution in [0.5, 0.6) is 0 Å². The predicted octanol–water partition coefficient (Wildman–Crippen LogP) is 3.64. The van der Waals surface area contributed by atoms with Crippen molar-refractivity contribution in [1.82, 2.24) is 10.2 Å². The van der Waals surface area contributed by atoms with E-state index in [2.05, 4.69) is 12.2 Å². The minimum absolute atomic E-state index is 0.0821. The number of hydrogen-bond donors (Lipinski definition) is 2. The molecule has 0 bridgehead atoms. The minimum atomic E-state index is -1.23. The van der Waals surface area contributed by atoms with Crippen LogP contribution < -0.4 is 5.32 Å². The van der Waals surface area contributed by atoms with Gasteiger partial charge in [-0.15, -0.1) is 0 Å². The molecule has 0 aromatic heterocycles. The SMILES string of the molecule is CCCC1COCC1N(C)C(=O)C(CC(=O)O)NC(=O)OCC1c2ccccc2-c2ccccc21. The zero-order chi connectivity index (χ0) is 24.9. The molecule has 2 aliphatic rings. The lowest BCUT2D eigenvalue weighted by Gasteiger charge is -2.31. The second-order valence-corrected chi connectivity index (χ2v) is 9.22. The highest BCUT2D eigenvalue weighted by molar-refractivity contribution is 5.89. The van der Waals surface area contributed by atoms with Crippen LogP contribution in [0.2, 0.25) is 0 Å². The molecular formula is C27H32N2O6. The van der Waals surface area contributed by atoms with Crippen LogP contribution in [-0.4, -0.2) is 66.9 Å². The van der Waals surface area contributed by atoms with Gasteiger partial charge in [-0.2, -0.15) is 0 Å². The number of nitrogens with zero attached hydrogens (tertiary/aromatic N) is 1. The van der Waals surface area contributed by atoms with Gasteiger partial charge in [-0.1, -0.05) is 61.9 Å². The van der Waals surface area contributed by atoms with Crippen LogP contribution in [0, 0.1) is 5.92 Å². The molecule has 1 aliphatic carbocycles. The standard InChI is InChI=1S/C27H32N2O6/c1-3-8-17-14-34-16-24(17)29(2)26(32)23(13-25(30)31)28-27(33)35-15-22-20-11-6-4-9-18(20)19-10-5-7-12-21(19)22/h4-7,9-12,17,22-24H,3,8,13-16H2,1-2H3,(H,28,33)(H,30,31). The predicted molar refractivity (Wildman–Crippen MR) is 130 cm³/mol.